The molecule has 0 fully saturated rings. The molecule has 1 aromatic rings. The van der Waals surface area contributed by atoms with Gasteiger partial charge in [0, 0.05) is 6.54 Å². The lowest BCUT2D eigenvalue weighted by Crippen LogP contribution is -2.32. The van der Waals surface area contributed by atoms with Crippen LogP contribution in [0.2, 0.25) is 0 Å². The molecular formula is C14H18N2O5. The first kappa shape index (κ1) is 16.5. The van der Waals surface area contributed by atoms with Crippen molar-refractivity contribution in [3.05, 3.63) is 29.8 Å². The highest BCUT2D eigenvalue weighted by atomic mass is 16.5. The molecule has 1 rings (SSSR count). The number of rotatable bonds is 7. The lowest BCUT2D eigenvalue weighted by atomic mass is 10.2. The number of hydrogen-bond acceptors (Lipinski definition) is 5. The lowest BCUT2D eigenvalue weighted by molar-refractivity contribution is -0.153. The fraction of sp³-hybridized carbons (Fsp3) is 0.357. The topological polar surface area (TPSA) is 108 Å². The summed E-state index contributed by atoms with van der Waals surface area (Å²) in [4.78, 5) is 34.0. The molecule has 114 valence electrons. The van der Waals surface area contributed by atoms with Crippen LogP contribution in [0.15, 0.2) is 24.3 Å². The van der Waals surface area contributed by atoms with Gasteiger partial charge in [0.05, 0.1) is 19.1 Å². The Morgan fingerprint density at radius 2 is 1.95 bits per heavy atom. The molecule has 0 saturated carbocycles. The number of nitrogens with one attached hydrogen (secondary N) is 1. The minimum absolute atomic E-state index is 0.0570. The van der Waals surface area contributed by atoms with Gasteiger partial charge in [0.1, 0.15) is 5.75 Å². The second-order valence-corrected chi connectivity index (χ2v) is 4.24. The van der Waals surface area contributed by atoms with Crippen molar-refractivity contribution in [1.82, 2.24) is 5.32 Å². The zero-order chi connectivity index (χ0) is 15.8. The number of primary amides is 1. The molecule has 21 heavy (non-hydrogen) atoms. The number of benzene rings is 1. The molecule has 2 amide bonds. The van der Waals surface area contributed by atoms with Gasteiger partial charge in [-0.15, -0.1) is 0 Å². The van der Waals surface area contributed by atoms with E-state index < -0.39 is 18.0 Å². The zero-order valence-corrected chi connectivity index (χ0v) is 11.9. The van der Waals surface area contributed by atoms with Crippen LogP contribution in [0, 0.1) is 0 Å². The Labute approximate surface area is 122 Å². The summed E-state index contributed by atoms with van der Waals surface area (Å²) in [7, 11) is 1.47. The van der Waals surface area contributed by atoms with E-state index in [-0.39, 0.29) is 18.9 Å². The average molecular weight is 294 g/mol. The largest absolute Gasteiger partial charge is 0.496 e. The smallest absolute Gasteiger partial charge is 0.308 e. The van der Waals surface area contributed by atoms with Crippen LogP contribution in [0.4, 0.5) is 0 Å². The molecule has 0 bridgehead atoms. The van der Waals surface area contributed by atoms with Gasteiger partial charge in [0.15, 0.2) is 6.10 Å². The van der Waals surface area contributed by atoms with Gasteiger partial charge in [0.2, 0.25) is 0 Å². The van der Waals surface area contributed by atoms with E-state index in [1.165, 1.54) is 14.0 Å². The summed E-state index contributed by atoms with van der Waals surface area (Å²) >= 11 is 0. The van der Waals surface area contributed by atoms with Gasteiger partial charge in [0.25, 0.3) is 11.8 Å². The summed E-state index contributed by atoms with van der Waals surface area (Å²) in [5.41, 5.74) is 5.34. The predicted molar refractivity (Wildman–Crippen MR) is 74.7 cm³/mol. The lowest BCUT2D eigenvalue weighted by Gasteiger charge is -2.11. The molecule has 1 atom stereocenters. The van der Waals surface area contributed by atoms with E-state index in [0.29, 0.717) is 11.3 Å². The summed E-state index contributed by atoms with van der Waals surface area (Å²) < 4.78 is 9.82. The van der Waals surface area contributed by atoms with E-state index in [1.54, 1.807) is 24.3 Å². The van der Waals surface area contributed by atoms with Gasteiger partial charge in [-0.2, -0.15) is 0 Å². The van der Waals surface area contributed by atoms with Gasteiger partial charge in [-0.1, -0.05) is 12.1 Å². The molecule has 0 heterocycles. The van der Waals surface area contributed by atoms with Crippen LogP contribution < -0.4 is 15.8 Å². The molecule has 0 spiro atoms. The summed E-state index contributed by atoms with van der Waals surface area (Å²) in [5, 5.41) is 2.57. The molecule has 3 N–H and O–H groups in total. The van der Waals surface area contributed by atoms with Crippen molar-refractivity contribution in [3.63, 3.8) is 0 Å². The SMILES string of the molecule is COc1ccccc1C(=O)NCCC(=O)O[C@@H](C)C(N)=O. The number of amides is 2. The molecule has 0 radical (unpaired) electrons. The molecular weight excluding hydrogens is 276 g/mol. The molecule has 1 aromatic carbocycles. The van der Waals surface area contributed by atoms with Crippen LogP contribution in [0.1, 0.15) is 23.7 Å². The van der Waals surface area contributed by atoms with Crippen molar-refractivity contribution in [3.8, 4) is 5.75 Å². The Morgan fingerprint density at radius 1 is 1.29 bits per heavy atom. The molecule has 0 aliphatic rings. The Bertz CT molecular complexity index is 530. The fourth-order valence-corrected chi connectivity index (χ4v) is 1.52. The molecule has 0 aliphatic carbocycles. The monoisotopic (exact) mass is 294 g/mol. The fourth-order valence-electron chi connectivity index (χ4n) is 1.52. The number of nitrogens with two attached hydrogens (primary N) is 1. The third-order valence-corrected chi connectivity index (χ3v) is 2.68. The van der Waals surface area contributed by atoms with Crippen LogP contribution in [0.5, 0.6) is 5.75 Å². The number of para-hydroxylation sites is 1. The third kappa shape index (κ3) is 5.13. The van der Waals surface area contributed by atoms with Gasteiger partial charge in [-0.25, -0.2) is 0 Å². The van der Waals surface area contributed by atoms with Crippen LogP contribution in [0.25, 0.3) is 0 Å². The van der Waals surface area contributed by atoms with E-state index in [1.807, 2.05) is 0 Å². The van der Waals surface area contributed by atoms with E-state index in [4.69, 9.17) is 15.2 Å². The second-order valence-electron chi connectivity index (χ2n) is 4.24. The van der Waals surface area contributed by atoms with Crippen molar-refractivity contribution in [2.45, 2.75) is 19.4 Å². The minimum atomic E-state index is -0.984. The highest BCUT2D eigenvalue weighted by molar-refractivity contribution is 5.97. The number of ether oxygens (including phenoxy) is 2. The minimum Gasteiger partial charge on any atom is -0.496 e. The highest BCUT2D eigenvalue weighted by Crippen LogP contribution is 2.16. The number of methoxy groups -OCH3 is 1. The molecule has 0 saturated heterocycles. The zero-order valence-electron chi connectivity index (χ0n) is 11.9. The molecule has 0 unspecified atom stereocenters. The molecule has 7 nitrogen and oxygen atoms in total. The van der Waals surface area contributed by atoms with Crippen molar-refractivity contribution < 1.29 is 23.9 Å². The first-order chi connectivity index (χ1) is 9.95. The Kier molecular flexibility index (Phi) is 6.19. The summed E-state index contributed by atoms with van der Waals surface area (Å²) in [5.74, 6) is -1.24. The van der Waals surface area contributed by atoms with E-state index in [0.717, 1.165) is 0 Å². The normalized spacial score (nSPS) is 11.3. The number of carbonyl (C=O) groups is 3. The summed E-state index contributed by atoms with van der Waals surface area (Å²) in [6.45, 7) is 1.47. The van der Waals surface area contributed by atoms with E-state index in [9.17, 15) is 14.4 Å². The van der Waals surface area contributed by atoms with Crippen LogP contribution in [0.3, 0.4) is 0 Å². The number of carbonyl (C=O) groups excluding carboxylic acids is 3. The van der Waals surface area contributed by atoms with Gasteiger partial charge < -0.3 is 20.5 Å². The van der Waals surface area contributed by atoms with E-state index >= 15 is 0 Å². The predicted octanol–water partition coefficient (Wildman–Crippen LogP) is 0.232. The standard InChI is InChI=1S/C14H18N2O5/c1-9(13(15)18)21-12(17)7-8-16-14(19)10-5-3-4-6-11(10)20-2/h3-6,9H,7-8H2,1-2H3,(H2,15,18)(H,16,19)/t9-/m0/s1. The van der Waals surface area contributed by atoms with Crippen molar-refractivity contribution in [2.24, 2.45) is 5.73 Å². The quantitative estimate of drug-likeness (QED) is 0.700. The van der Waals surface area contributed by atoms with Crippen molar-refractivity contribution in [1.29, 1.82) is 0 Å². The molecule has 0 aliphatic heterocycles. The Morgan fingerprint density at radius 3 is 2.57 bits per heavy atom. The number of esters is 1. The highest BCUT2D eigenvalue weighted by Gasteiger charge is 2.15. The van der Waals surface area contributed by atoms with Gasteiger partial charge in [-0.05, 0) is 19.1 Å². The molecule has 7 heteroatoms. The van der Waals surface area contributed by atoms with Gasteiger partial charge in [-0.3, -0.25) is 14.4 Å². The Hall–Kier alpha value is -2.57. The van der Waals surface area contributed by atoms with Crippen LogP contribution >= 0.6 is 0 Å². The average Bonchev–Trinajstić information content (AvgIpc) is 2.46. The first-order valence-electron chi connectivity index (χ1n) is 6.35. The van der Waals surface area contributed by atoms with Crippen LogP contribution in [-0.4, -0.2) is 37.5 Å². The van der Waals surface area contributed by atoms with Crippen LogP contribution in [-0.2, 0) is 14.3 Å². The Balaban J connectivity index is 2.43. The van der Waals surface area contributed by atoms with Crippen molar-refractivity contribution >= 4 is 17.8 Å². The maximum absolute atomic E-state index is 11.9. The summed E-state index contributed by atoms with van der Waals surface area (Å²) in [6.07, 6.45) is -1.04. The van der Waals surface area contributed by atoms with E-state index in [2.05, 4.69) is 5.32 Å². The summed E-state index contributed by atoms with van der Waals surface area (Å²) in [6, 6.07) is 6.73. The second kappa shape index (κ2) is 7.88. The third-order valence-electron chi connectivity index (χ3n) is 2.68. The van der Waals surface area contributed by atoms with Gasteiger partial charge >= 0.3 is 5.97 Å². The maximum atomic E-state index is 11.9. The molecule has 0 aromatic heterocycles. The maximum Gasteiger partial charge on any atom is 0.308 e. The number of hydrogen-bond donors (Lipinski definition) is 2. The first-order valence-corrected chi connectivity index (χ1v) is 6.35. The van der Waals surface area contributed by atoms with Crippen molar-refractivity contribution in [2.75, 3.05) is 13.7 Å².